The fourth-order valence-corrected chi connectivity index (χ4v) is 2.26. The number of phenolic OH excluding ortho intramolecular Hbond substituents is 1. The van der Waals surface area contributed by atoms with E-state index in [1.54, 1.807) is 18.2 Å². The van der Waals surface area contributed by atoms with Crippen LogP contribution in [0.1, 0.15) is 25.3 Å². The van der Waals surface area contributed by atoms with Gasteiger partial charge in [-0.3, -0.25) is 5.43 Å². The van der Waals surface area contributed by atoms with Gasteiger partial charge in [-0.05, 0) is 44.1 Å². The van der Waals surface area contributed by atoms with Gasteiger partial charge < -0.3 is 19.9 Å². The van der Waals surface area contributed by atoms with Crippen molar-refractivity contribution >= 4 is 23.5 Å². The molecule has 120 valence electrons. The molecule has 1 saturated heterocycles. The minimum Gasteiger partial charge on any atom is -0.504 e. The molecule has 22 heavy (non-hydrogen) atoms. The summed E-state index contributed by atoms with van der Waals surface area (Å²) in [5, 5.41) is 17.5. The van der Waals surface area contributed by atoms with E-state index in [-0.39, 0.29) is 11.9 Å². The van der Waals surface area contributed by atoms with Crippen molar-refractivity contribution in [3.8, 4) is 11.5 Å². The van der Waals surface area contributed by atoms with E-state index in [2.05, 4.69) is 15.8 Å². The first-order valence-corrected chi connectivity index (χ1v) is 7.74. The zero-order chi connectivity index (χ0) is 15.8. The van der Waals surface area contributed by atoms with E-state index < -0.39 is 0 Å². The zero-order valence-corrected chi connectivity index (χ0v) is 13.4. The highest BCUT2D eigenvalue weighted by Gasteiger charge is 2.15. The van der Waals surface area contributed by atoms with Gasteiger partial charge in [-0.2, -0.15) is 5.10 Å². The van der Waals surface area contributed by atoms with E-state index in [0.717, 1.165) is 19.4 Å². The Hall–Kier alpha value is -1.86. The molecule has 0 amide bonds. The van der Waals surface area contributed by atoms with Crippen LogP contribution in [-0.2, 0) is 4.74 Å². The maximum atomic E-state index is 10.0. The number of benzene rings is 1. The molecule has 6 nitrogen and oxygen atoms in total. The van der Waals surface area contributed by atoms with Gasteiger partial charge in [-0.25, -0.2) is 0 Å². The minimum atomic E-state index is 0.0631. The molecule has 3 N–H and O–H groups in total. The lowest BCUT2D eigenvalue weighted by Crippen LogP contribution is -2.37. The Morgan fingerprint density at radius 3 is 3.18 bits per heavy atom. The van der Waals surface area contributed by atoms with Crippen LogP contribution in [0.15, 0.2) is 23.3 Å². The van der Waals surface area contributed by atoms with E-state index in [9.17, 15) is 5.11 Å². The molecule has 1 aliphatic rings. The Balaban J connectivity index is 1.81. The van der Waals surface area contributed by atoms with Crippen molar-refractivity contribution in [1.29, 1.82) is 0 Å². The molecule has 1 aromatic carbocycles. The number of hydrazone groups is 1. The molecule has 1 atom stereocenters. The second-order valence-corrected chi connectivity index (χ2v) is 5.25. The highest BCUT2D eigenvalue weighted by molar-refractivity contribution is 7.80. The quantitative estimate of drug-likeness (QED) is 0.421. The summed E-state index contributed by atoms with van der Waals surface area (Å²) in [6.07, 6.45) is 3.87. The molecule has 1 aromatic rings. The van der Waals surface area contributed by atoms with Crippen molar-refractivity contribution in [2.24, 2.45) is 5.10 Å². The largest absolute Gasteiger partial charge is 0.504 e. The summed E-state index contributed by atoms with van der Waals surface area (Å²) in [4.78, 5) is 0. The SMILES string of the molecule is CCOc1cccc(C=NNC(=S)NCC2CCCO2)c1O. The van der Waals surface area contributed by atoms with Crippen LogP contribution in [0.25, 0.3) is 0 Å². The van der Waals surface area contributed by atoms with Crippen LogP contribution in [0.5, 0.6) is 11.5 Å². The molecule has 0 spiro atoms. The van der Waals surface area contributed by atoms with E-state index >= 15 is 0 Å². The number of ether oxygens (including phenoxy) is 2. The highest BCUT2D eigenvalue weighted by Crippen LogP contribution is 2.28. The van der Waals surface area contributed by atoms with Gasteiger partial charge in [0.2, 0.25) is 0 Å². The molecule has 0 radical (unpaired) electrons. The third kappa shape index (κ3) is 4.85. The van der Waals surface area contributed by atoms with E-state index in [1.807, 2.05) is 6.92 Å². The molecular formula is C15H21N3O3S. The predicted molar refractivity (Wildman–Crippen MR) is 89.6 cm³/mol. The van der Waals surface area contributed by atoms with E-state index in [4.69, 9.17) is 21.7 Å². The summed E-state index contributed by atoms with van der Waals surface area (Å²) in [5.74, 6) is 0.499. The minimum absolute atomic E-state index is 0.0631. The molecule has 2 rings (SSSR count). The van der Waals surface area contributed by atoms with Crippen molar-refractivity contribution in [1.82, 2.24) is 10.7 Å². The van der Waals surface area contributed by atoms with E-state index in [1.165, 1.54) is 6.21 Å². The predicted octanol–water partition coefficient (Wildman–Crippen LogP) is 1.77. The second kappa shape index (κ2) is 8.55. The second-order valence-electron chi connectivity index (χ2n) is 4.84. The lowest BCUT2D eigenvalue weighted by atomic mass is 10.2. The summed E-state index contributed by atoms with van der Waals surface area (Å²) in [5.41, 5.74) is 3.27. The van der Waals surface area contributed by atoms with Gasteiger partial charge in [0.1, 0.15) is 0 Å². The fourth-order valence-electron chi connectivity index (χ4n) is 2.13. The lowest BCUT2D eigenvalue weighted by Gasteiger charge is -2.11. The Morgan fingerprint density at radius 1 is 1.59 bits per heavy atom. The van der Waals surface area contributed by atoms with Crippen LogP contribution >= 0.6 is 12.2 Å². The highest BCUT2D eigenvalue weighted by atomic mass is 32.1. The Morgan fingerprint density at radius 2 is 2.45 bits per heavy atom. The molecule has 7 heteroatoms. The molecule has 1 heterocycles. The molecular weight excluding hydrogens is 302 g/mol. The third-order valence-corrected chi connectivity index (χ3v) is 3.45. The third-order valence-electron chi connectivity index (χ3n) is 3.21. The molecule has 1 aliphatic heterocycles. The fraction of sp³-hybridized carbons (Fsp3) is 0.467. The summed E-state index contributed by atoms with van der Waals surface area (Å²) in [6, 6.07) is 5.24. The van der Waals surface area contributed by atoms with Crippen molar-refractivity contribution in [3.63, 3.8) is 0 Å². The average molecular weight is 323 g/mol. The summed E-state index contributed by atoms with van der Waals surface area (Å²) in [7, 11) is 0. The maximum absolute atomic E-state index is 10.0. The van der Waals surface area contributed by atoms with Gasteiger partial charge in [0, 0.05) is 18.7 Å². The van der Waals surface area contributed by atoms with Crippen molar-refractivity contribution in [3.05, 3.63) is 23.8 Å². The van der Waals surface area contributed by atoms with Gasteiger partial charge in [-0.15, -0.1) is 0 Å². The average Bonchev–Trinajstić information content (AvgIpc) is 3.02. The number of hydrogen-bond donors (Lipinski definition) is 3. The van der Waals surface area contributed by atoms with Crippen LogP contribution in [0.2, 0.25) is 0 Å². The number of aromatic hydroxyl groups is 1. The first-order chi connectivity index (χ1) is 10.7. The van der Waals surface area contributed by atoms with Gasteiger partial charge in [0.15, 0.2) is 16.6 Å². The van der Waals surface area contributed by atoms with Gasteiger partial charge >= 0.3 is 0 Å². The summed E-state index contributed by atoms with van der Waals surface area (Å²) < 4.78 is 10.8. The molecule has 0 saturated carbocycles. The van der Waals surface area contributed by atoms with Gasteiger partial charge in [-0.1, -0.05) is 6.07 Å². The van der Waals surface area contributed by atoms with Gasteiger partial charge in [0.25, 0.3) is 0 Å². The number of rotatable bonds is 6. The van der Waals surface area contributed by atoms with Crippen LogP contribution in [0, 0.1) is 0 Å². The zero-order valence-electron chi connectivity index (χ0n) is 12.5. The first-order valence-electron chi connectivity index (χ1n) is 7.34. The van der Waals surface area contributed by atoms with Crippen LogP contribution in [-0.4, -0.2) is 42.3 Å². The van der Waals surface area contributed by atoms with Gasteiger partial charge in [0.05, 0.1) is 18.9 Å². The topological polar surface area (TPSA) is 75.1 Å². The van der Waals surface area contributed by atoms with E-state index in [0.29, 0.717) is 29.6 Å². The van der Waals surface area contributed by atoms with Crippen molar-refractivity contribution in [2.45, 2.75) is 25.9 Å². The van der Waals surface area contributed by atoms with Crippen molar-refractivity contribution in [2.75, 3.05) is 19.8 Å². The first kappa shape index (κ1) is 16.5. The van der Waals surface area contributed by atoms with Crippen LogP contribution in [0.4, 0.5) is 0 Å². The molecule has 0 aromatic heterocycles. The smallest absolute Gasteiger partial charge is 0.187 e. The standard InChI is InChI=1S/C15H21N3O3S/c1-2-20-13-7-3-5-11(14(13)19)9-17-18-15(22)16-10-12-6-4-8-21-12/h3,5,7,9,12,19H,2,4,6,8,10H2,1H3,(H2,16,18,22). The monoisotopic (exact) mass is 323 g/mol. The molecule has 1 unspecified atom stereocenters. The molecule has 1 fully saturated rings. The maximum Gasteiger partial charge on any atom is 0.187 e. The van der Waals surface area contributed by atoms with Crippen molar-refractivity contribution < 1.29 is 14.6 Å². The summed E-state index contributed by atoms with van der Waals surface area (Å²) in [6.45, 7) is 3.84. The number of thiocarbonyl (C=S) groups is 1. The number of hydrogen-bond acceptors (Lipinski definition) is 5. The number of nitrogens with zero attached hydrogens (tertiary/aromatic N) is 1. The Kier molecular flexibility index (Phi) is 6.42. The summed E-state index contributed by atoms with van der Waals surface area (Å²) >= 11 is 5.13. The molecule has 0 aliphatic carbocycles. The molecule has 0 bridgehead atoms. The number of para-hydroxylation sites is 1. The Bertz CT molecular complexity index is 531. The number of nitrogens with one attached hydrogen (secondary N) is 2. The van der Waals surface area contributed by atoms with Crippen LogP contribution < -0.4 is 15.5 Å². The normalized spacial score (nSPS) is 17.6. The van der Waals surface area contributed by atoms with Crippen LogP contribution in [0.3, 0.4) is 0 Å². The number of phenols is 1. The lowest BCUT2D eigenvalue weighted by molar-refractivity contribution is 0.114. The Labute approximate surface area is 135 Å².